The zero-order chi connectivity index (χ0) is 22.9. The van der Waals surface area contributed by atoms with E-state index in [0.29, 0.717) is 22.0 Å². The fourth-order valence-electron chi connectivity index (χ4n) is 3.37. The predicted octanol–water partition coefficient (Wildman–Crippen LogP) is 6.39. The lowest BCUT2D eigenvalue weighted by Crippen LogP contribution is -2.28. The molecule has 1 saturated heterocycles. The summed E-state index contributed by atoms with van der Waals surface area (Å²) in [6.07, 6.45) is -4.45. The van der Waals surface area contributed by atoms with Gasteiger partial charge in [-0.3, -0.25) is 14.5 Å². The highest BCUT2D eigenvalue weighted by Crippen LogP contribution is 2.43. The highest BCUT2D eigenvalue weighted by atomic mass is 35.5. The van der Waals surface area contributed by atoms with Crippen LogP contribution in [0.25, 0.3) is 0 Å². The van der Waals surface area contributed by atoms with Crippen LogP contribution in [0.5, 0.6) is 0 Å². The molecule has 164 valence electrons. The first-order valence-electron chi connectivity index (χ1n) is 9.51. The third kappa shape index (κ3) is 4.61. The fourth-order valence-corrected chi connectivity index (χ4v) is 4.76. The molecule has 0 aromatic heterocycles. The van der Waals surface area contributed by atoms with Gasteiger partial charge in [0.25, 0.3) is 5.91 Å². The lowest BCUT2D eigenvalue weighted by atomic mass is 10.1. The van der Waals surface area contributed by atoms with Crippen LogP contribution in [0.4, 0.5) is 24.5 Å². The second-order valence-corrected chi connectivity index (χ2v) is 8.51. The standard InChI is InChI=1S/C23H16ClF3N2O2S/c24-19-7-2-1-6-18(19)21(31)28-16-5-3-4-14(12-16)22-29(20(30)13-32-22)17-10-8-15(9-11-17)23(25,26)27/h1-12,22H,13H2,(H,28,31)/t22-/m1/s1. The fraction of sp³-hybridized carbons (Fsp3) is 0.130. The first-order valence-corrected chi connectivity index (χ1v) is 10.9. The summed E-state index contributed by atoms with van der Waals surface area (Å²) in [6.45, 7) is 0. The Bertz CT molecular complexity index is 1170. The number of anilines is 2. The van der Waals surface area contributed by atoms with Gasteiger partial charge in [-0.2, -0.15) is 13.2 Å². The third-order valence-corrected chi connectivity index (χ3v) is 6.43. The number of thioether (sulfide) groups is 1. The molecule has 1 N–H and O–H groups in total. The molecule has 0 saturated carbocycles. The van der Waals surface area contributed by atoms with Crippen LogP contribution < -0.4 is 10.2 Å². The summed E-state index contributed by atoms with van der Waals surface area (Å²) in [6, 6.07) is 18.2. The van der Waals surface area contributed by atoms with E-state index in [0.717, 1.165) is 17.7 Å². The van der Waals surface area contributed by atoms with Gasteiger partial charge in [0.1, 0.15) is 5.37 Å². The third-order valence-electron chi connectivity index (χ3n) is 4.89. The minimum Gasteiger partial charge on any atom is -0.322 e. The van der Waals surface area contributed by atoms with E-state index < -0.39 is 17.1 Å². The van der Waals surface area contributed by atoms with Crippen molar-refractivity contribution in [2.75, 3.05) is 16.0 Å². The van der Waals surface area contributed by atoms with Crippen LogP contribution in [0.15, 0.2) is 72.8 Å². The zero-order valence-electron chi connectivity index (χ0n) is 16.4. The Morgan fingerprint density at radius 2 is 1.75 bits per heavy atom. The van der Waals surface area contributed by atoms with Gasteiger partial charge in [0.2, 0.25) is 5.91 Å². The number of nitrogens with zero attached hydrogens (tertiary/aromatic N) is 1. The Labute approximate surface area is 191 Å². The van der Waals surface area contributed by atoms with E-state index in [-0.39, 0.29) is 17.6 Å². The summed E-state index contributed by atoms with van der Waals surface area (Å²) < 4.78 is 38.7. The van der Waals surface area contributed by atoms with Crippen molar-refractivity contribution in [3.63, 3.8) is 0 Å². The first-order chi connectivity index (χ1) is 15.2. The molecule has 1 atom stereocenters. The number of hydrogen-bond acceptors (Lipinski definition) is 3. The van der Waals surface area contributed by atoms with E-state index in [2.05, 4.69) is 5.32 Å². The number of carbonyl (C=O) groups excluding carboxylic acids is 2. The second-order valence-electron chi connectivity index (χ2n) is 7.03. The van der Waals surface area contributed by atoms with Crippen LogP contribution in [0.3, 0.4) is 0 Å². The van der Waals surface area contributed by atoms with Crippen LogP contribution >= 0.6 is 23.4 Å². The topological polar surface area (TPSA) is 49.4 Å². The quantitative estimate of drug-likeness (QED) is 0.474. The summed E-state index contributed by atoms with van der Waals surface area (Å²) in [7, 11) is 0. The molecule has 0 radical (unpaired) electrons. The summed E-state index contributed by atoms with van der Waals surface area (Å²) in [5.41, 5.74) is 1.18. The van der Waals surface area contributed by atoms with E-state index in [1.165, 1.54) is 28.8 Å². The molecule has 2 amide bonds. The van der Waals surface area contributed by atoms with Gasteiger partial charge in [-0.15, -0.1) is 11.8 Å². The van der Waals surface area contributed by atoms with E-state index in [9.17, 15) is 22.8 Å². The van der Waals surface area contributed by atoms with Crippen molar-refractivity contribution in [2.24, 2.45) is 0 Å². The van der Waals surface area contributed by atoms with Crippen molar-refractivity contribution in [1.82, 2.24) is 0 Å². The average molecular weight is 477 g/mol. The highest BCUT2D eigenvalue weighted by molar-refractivity contribution is 8.00. The molecule has 3 aromatic carbocycles. The van der Waals surface area contributed by atoms with Crippen LogP contribution in [0.2, 0.25) is 5.02 Å². The van der Waals surface area contributed by atoms with E-state index in [4.69, 9.17) is 11.6 Å². The molecule has 3 aromatic rings. The normalized spacial score (nSPS) is 16.3. The lowest BCUT2D eigenvalue weighted by molar-refractivity contribution is -0.137. The zero-order valence-corrected chi connectivity index (χ0v) is 18.0. The second kappa shape index (κ2) is 8.88. The summed E-state index contributed by atoms with van der Waals surface area (Å²) in [5.74, 6) is -0.380. The Morgan fingerprint density at radius 3 is 2.44 bits per heavy atom. The van der Waals surface area contributed by atoms with Gasteiger partial charge < -0.3 is 5.32 Å². The van der Waals surface area contributed by atoms with Crippen LogP contribution in [-0.2, 0) is 11.0 Å². The Kier molecular flexibility index (Phi) is 6.17. The molecule has 1 fully saturated rings. The van der Waals surface area contributed by atoms with Crippen molar-refractivity contribution in [2.45, 2.75) is 11.6 Å². The van der Waals surface area contributed by atoms with Gasteiger partial charge in [-0.05, 0) is 54.1 Å². The van der Waals surface area contributed by atoms with E-state index in [1.54, 1.807) is 48.5 Å². The number of rotatable bonds is 4. The predicted molar refractivity (Wildman–Crippen MR) is 120 cm³/mol. The van der Waals surface area contributed by atoms with Crippen molar-refractivity contribution in [3.05, 3.63) is 94.5 Å². The molecule has 1 aliphatic rings. The number of benzene rings is 3. The van der Waals surface area contributed by atoms with Crippen LogP contribution in [0.1, 0.15) is 26.9 Å². The Hall–Kier alpha value is -2.97. The van der Waals surface area contributed by atoms with E-state index in [1.807, 2.05) is 0 Å². The van der Waals surface area contributed by atoms with Crippen molar-refractivity contribution in [1.29, 1.82) is 0 Å². The van der Waals surface area contributed by atoms with E-state index >= 15 is 0 Å². The molecular weight excluding hydrogens is 461 g/mol. The van der Waals surface area contributed by atoms with Crippen molar-refractivity contribution >= 4 is 46.6 Å². The number of alkyl halides is 3. The molecule has 4 rings (SSSR count). The number of nitrogens with one attached hydrogen (secondary N) is 1. The molecule has 0 unspecified atom stereocenters. The highest BCUT2D eigenvalue weighted by Gasteiger charge is 2.35. The monoisotopic (exact) mass is 476 g/mol. The first kappa shape index (κ1) is 22.2. The number of carbonyl (C=O) groups is 2. The van der Waals surface area contributed by atoms with Crippen LogP contribution in [0, 0.1) is 0 Å². The largest absolute Gasteiger partial charge is 0.416 e. The molecule has 4 nitrogen and oxygen atoms in total. The molecule has 32 heavy (non-hydrogen) atoms. The van der Waals surface area contributed by atoms with Gasteiger partial charge in [-0.1, -0.05) is 35.9 Å². The smallest absolute Gasteiger partial charge is 0.322 e. The number of hydrogen-bond donors (Lipinski definition) is 1. The minimum absolute atomic E-state index is 0.196. The van der Waals surface area contributed by atoms with Gasteiger partial charge in [0.05, 0.1) is 21.9 Å². The molecule has 9 heteroatoms. The van der Waals surface area contributed by atoms with Gasteiger partial charge in [0, 0.05) is 11.4 Å². The summed E-state index contributed by atoms with van der Waals surface area (Å²) in [4.78, 5) is 26.6. The maximum atomic E-state index is 12.9. The SMILES string of the molecule is O=C(Nc1cccc([C@H]2SCC(=O)N2c2ccc(C(F)(F)F)cc2)c1)c1ccccc1Cl. The maximum absolute atomic E-state index is 12.9. The van der Waals surface area contributed by atoms with Crippen LogP contribution in [-0.4, -0.2) is 17.6 Å². The maximum Gasteiger partial charge on any atom is 0.416 e. The summed E-state index contributed by atoms with van der Waals surface area (Å²) in [5, 5.41) is 2.68. The van der Waals surface area contributed by atoms with Gasteiger partial charge >= 0.3 is 6.18 Å². The molecule has 0 aliphatic carbocycles. The van der Waals surface area contributed by atoms with Crippen molar-refractivity contribution < 1.29 is 22.8 Å². The molecule has 1 heterocycles. The Morgan fingerprint density at radius 1 is 1.03 bits per heavy atom. The lowest BCUT2D eigenvalue weighted by Gasteiger charge is -2.25. The number of amides is 2. The molecule has 0 spiro atoms. The van der Waals surface area contributed by atoms with Crippen molar-refractivity contribution in [3.8, 4) is 0 Å². The molecule has 1 aliphatic heterocycles. The summed E-state index contributed by atoms with van der Waals surface area (Å²) >= 11 is 7.45. The minimum atomic E-state index is -4.45. The Balaban J connectivity index is 1.58. The number of halogens is 4. The van der Waals surface area contributed by atoms with Gasteiger partial charge in [0.15, 0.2) is 0 Å². The van der Waals surface area contributed by atoms with Gasteiger partial charge in [-0.25, -0.2) is 0 Å². The molecule has 0 bridgehead atoms. The molecular formula is C23H16ClF3N2O2S. The average Bonchev–Trinajstić information content (AvgIpc) is 3.15.